The van der Waals surface area contributed by atoms with Crippen molar-refractivity contribution < 1.29 is 0 Å². The number of alkyl halides is 1. The fraction of sp³-hybridized carbons (Fsp3) is 0.467. The summed E-state index contributed by atoms with van der Waals surface area (Å²) in [6.07, 6.45) is 4.62. The van der Waals surface area contributed by atoms with Crippen LogP contribution in [0.2, 0.25) is 0 Å². The number of anilines is 1. The largest absolute Gasteiger partial charge is 0.363 e. The van der Waals surface area contributed by atoms with Gasteiger partial charge in [0.05, 0.1) is 0 Å². The second-order valence-electron chi connectivity index (χ2n) is 5.14. The van der Waals surface area contributed by atoms with Crippen LogP contribution in [0.4, 0.5) is 5.69 Å². The Morgan fingerprint density at radius 3 is 3.06 bits per heavy atom. The summed E-state index contributed by atoms with van der Waals surface area (Å²) in [7, 11) is 0. The van der Waals surface area contributed by atoms with Crippen LogP contribution < -0.4 is 4.90 Å². The highest BCUT2D eigenvalue weighted by atomic mass is 79.9. The highest BCUT2D eigenvalue weighted by Crippen LogP contribution is 2.52. The lowest BCUT2D eigenvalue weighted by Crippen LogP contribution is -2.37. The SMILES string of the molecule is C=CCN1c2c(C)cccc2[C@@H]2CC[C@H](Br)[C@@H]21. The summed E-state index contributed by atoms with van der Waals surface area (Å²) in [5.41, 5.74) is 4.42. The maximum Gasteiger partial charge on any atom is 0.0488 e. The Labute approximate surface area is 112 Å². The lowest BCUT2D eigenvalue weighted by atomic mass is 9.96. The van der Waals surface area contributed by atoms with E-state index < -0.39 is 0 Å². The van der Waals surface area contributed by atoms with E-state index in [1.165, 1.54) is 24.1 Å². The molecule has 2 heteroatoms. The van der Waals surface area contributed by atoms with Gasteiger partial charge in [0, 0.05) is 29.0 Å². The number of halogens is 1. The first-order valence-electron chi connectivity index (χ1n) is 6.35. The molecule has 1 aromatic rings. The summed E-state index contributed by atoms with van der Waals surface area (Å²) in [5, 5.41) is 0. The molecule has 3 rings (SSSR count). The zero-order chi connectivity index (χ0) is 12.0. The first kappa shape index (κ1) is 11.3. The quantitative estimate of drug-likeness (QED) is 0.588. The van der Waals surface area contributed by atoms with E-state index >= 15 is 0 Å². The lowest BCUT2D eigenvalue weighted by molar-refractivity contribution is 0.620. The predicted octanol–water partition coefficient (Wildman–Crippen LogP) is 4.01. The van der Waals surface area contributed by atoms with Crippen LogP contribution in [0.3, 0.4) is 0 Å². The number of nitrogens with zero attached hydrogens (tertiary/aromatic N) is 1. The van der Waals surface area contributed by atoms with Crippen molar-refractivity contribution in [1.29, 1.82) is 0 Å². The van der Waals surface area contributed by atoms with Gasteiger partial charge in [0.2, 0.25) is 0 Å². The Bertz CT molecular complexity index is 454. The highest BCUT2D eigenvalue weighted by molar-refractivity contribution is 9.09. The molecule has 0 unspecified atom stereocenters. The minimum Gasteiger partial charge on any atom is -0.363 e. The molecule has 2 aliphatic rings. The van der Waals surface area contributed by atoms with Gasteiger partial charge in [-0.25, -0.2) is 0 Å². The maximum absolute atomic E-state index is 3.91. The smallest absolute Gasteiger partial charge is 0.0488 e. The van der Waals surface area contributed by atoms with Crippen molar-refractivity contribution >= 4 is 21.6 Å². The molecular formula is C15H18BrN. The van der Waals surface area contributed by atoms with Gasteiger partial charge in [-0.1, -0.05) is 40.2 Å². The number of fused-ring (bicyclic) bond motifs is 3. The number of para-hydroxylation sites is 1. The van der Waals surface area contributed by atoms with Crippen molar-refractivity contribution in [3.63, 3.8) is 0 Å². The fourth-order valence-corrected chi connectivity index (χ4v) is 4.48. The molecule has 1 saturated carbocycles. The van der Waals surface area contributed by atoms with Crippen LogP contribution in [-0.2, 0) is 0 Å². The summed E-state index contributed by atoms with van der Waals surface area (Å²) in [4.78, 5) is 3.17. The molecule has 1 nitrogen and oxygen atoms in total. The average Bonchev–Trinajstić information content (AvgIpc) is 2.82. The molecule has 1 aliphatic carbocycles. The third-order valence-corrected chi connectivity index (χ3v) is 5.18. The zero-order valence-electron chi connectivity index (χ0n) is 10.2. The molecule has 0 amide bonds. The molecule has 3 atom stereocenters. The van der Waals surface area contributed by atoms with Crippen LogP contribution in [0.1, 0.15) is 29.9 Å². The second-order valence-corrected chi connectivity index (χ2v) is 6.32. The average molecular weight is 292 g/mol. The number of hydrogen-bond donors (Lipinski definition) is 0. The van der Waals surface area contributed by atoms with Gasteiger partial charge in [-0.3, -0.25) is 0 Å². The van der Waals surface area contributed by atoms with Gasteiger partial charge in [0.25, 0.3) is 0 Å². The summed E-state index contributed by atoms with van der Waals surface area (Å²) in [6.45, 7) is 7.09. The van der Waals surface area contributed by atoms with Crippen molar-refractivity contribution in [2.45, 2.75) is 36.6 Å². The molecule has 1 fully saturated rings. The molecule has 0 saturated heterocycles. The Morgan fingerprint density at radius 2 is 2.29 bits per heavy atom. The molecule has 1 aliphatic heterocycles. The minimum atomic E-state index is 0.624. The Kier molecular flexibility index (Phi) is 2.78. The predicted molar refractivity (Wildman–Crippen MR) is 77.2 cm³/mol. The number of benzene rings is 1. The van der Waals surface area contributed by atoms with Gasteiger partial charge < -0.3 is 4.90 Å². The molecule has 17 heavy (non-hydrogen) atoms. The van der Waals surface area contributed by atoms with Crippen LogP contribution in [0, 0.1) is 6.92 Å². The van der Waals surface area contributed by atoms with Crippen molar-refractivity contribution in [3.05, 3.63) is 42.0 Å². The summed E-state index contributed by atoms with van der Waals surface area (Å²) >= 11 is 3.86. The van der Waals surface area contributed by atoms with E-state index in [1.807, 2.05) is 6.08 Å². The van der Waals surface area contributed by atoms with Crippen LogP contribution in [0.25, 0.3) is 0 Å². The van der Waals surface area contributed by atoms with Gasteiger partial charge in [-0.05, 0) is 30.9 Å². The van der Waals surface area contributed by atoms with Gasteiger partial charge in [-0.2, -0.15) is 0 Å². The lowest BCUT2D eigenvalue weighted by Gasteiger charge is -2.29. The van der Waals surface area contributed by atoms with Crippen molar-refractivity contribution in [2.24, 2.45) is 0 Å². The Hall–Kier alpha value is -0.760. The van der Waals surface area contributed by atoms with Crippen LogP contribution in [0.15, 0.2) is 30.9 Å². The first-order chi connectivity index (χ1) is 8.24. The van der Waals surface area contributed by atoms with Gasteiger partial charge in [-0.15, -0.1) is 6.58 Å². The second kappa shape index (κ2) is 4.16. The van der Waals surface area contributed by atoms with Crippen LogP contribution >= 0.6 is 15.9 Å². The van der Waals surface area contributed by atoms with Crippen LogP contribution in [-0.4, -0.2) is 17.4 Å². The zero-order valence-corrected chi connectivity index (χ0v) is 11.8. The molecule has 90 valence electrons. The summed E-state index contributed by atoms with van der Waals surface area (Å²) < 4.78 is 0. The van der Waals surface area contributed by atoms with Crippen molar-refractivity contribution in [1.82, 2.24) is 0 Å². The summed E-state index contributed by atoms with van der Waals surface area (Å²) in [5.74, 6) is 0.717. The van der Waals surface area contributed by atoms with Gasteiger partial charge in [0.1, 0.15) is 0 Å². The Balaban J connectivity index is 2.11. The molecule has 1 aromatic carbocycles. The van der Waals surface area contributed by atoms with Crippen molar-refractivity contribution in [3.8, 4) is 0 Å². The van der Waals surface area contributed by atoms with E-state index in [2.05, 4.69) is 52.5 Å². The molecule has 0 bridgehead atoms. The first-order valence-corrected chi connectivity index (χ1v) is 7.26. The Morgan fingerprint density at radius 1 is 1.47 bits per heavy atom. The van der Waals surface area contributed by atoms with E-state index in [4.69, 9.17) is 0 Å². The highest BCUT2D eigenvalue weighted by Gasteiger charge is 2.46. The molecule has 0 spiro atoms. The molecule has 0 N–H and O–H groups in total. The van der Waals surface area contributed by atoms with Gasteiger partial charge >= 0.3 is 0 Å². The standard InChI is InChI=1S/C15H18BrN/c1-3-9-17-14-10(2)5-4-6-11(14)12-7-8-13(16)15(12)17/h3-6,12-13,15H,1,7-9H2,2H3/t12-,13-,15+/m0/s1. The van der Waals surface area contributed by atoms with Gasteiger partial charge in [0.15, 0.2) is 0 Å². The fourth-order valence-electron chi connectivity index (χ4n) is 3.56. The molecular weight excluding hydrogens is 274 g/mol. The monoisotopic (exact) mass is 291 g/mol. The topological polar surface area (TPSA) is 3.24 Å². The van der Waals surface area contributed by atoms with Crippen molar-refractivity contribution in [2.75, 3.05) is 11.4 Å². The van der Waals surface area contributed by atoms with E-state index in [-0.39, 0.29) is 0 Å². The molecule has 1 heterocycles. The number of aryl methyl sites for hydroxylation is 1. The normalized spacial score (nSPS) is 30.2. The molecule has 0 aromatic heterocycles. The van der Waals surface area contributed by atoms with E-state index in [0.717, 1.165) is 6.54 Å². The van der Waals surface area contributed by atoms with E-state index in [0.29, 0.717) is 16.8 Å². The third kappa shape index (κ3) is 1.57. The van der Waals surface area contributed by atoms with E-state index in [1.54, 1.807) is 5.56 Å². The third-order valence-electron chi connectivity index (χ3n) is 4.18. The molecule has 0 radical (unpaired) electrons. The van der Waals surface area contributed by atoms with E-state index in [9.17, 15) is 0 Å². The number of rotatable bonds is 2. The minimum absolute atomic E-state index is 0.624. The maximum atomic E-state index is 3.91. The number of hydrogen-bond acceptors (Lipinski definition) is 1. The van der Waals surface area contributed by atoms with Crippen LogP contribution in [0.5, 0.6) is 0 Å². The summed E-state index contributed by atoms with van der Waals surface area (Å²) in [6, 6.07) is 7.36.